The Kier molecular flexibility index (Phi) is 19.3. The summed E-state index contributed by atoms with van der Waals surface area (Å²) < 4.78 is 48.9. The van der Waals surface area contributed by atoms with E-state index in [1.54, 1.807) is 41.9 Å². The molecule has 47 heavy (non-hydrogen) atoms. The minimum absolute atomic E-state index is 0.0360. The van der Waals surface area contributed by atoms with Gasteiger partial charge in [-0.15, -0.1) is 0 Å². The molecule has 0 aliphatic heterocycles. The number of sulfonamides is 1. The van der Waals surface area contributed by atoms with Crippen LogP contribution >= 0.6 is 0 Å². The van der Waals surface area contributed by atoms with Crippen LogP contribution in [0, 0.1) is 17.8 Å². The Bertz CT molecular complexity index is 1170. The van der Waals surface area contributed by atoms with Crippen LogP contribution in [0.3, 0.4) is 0 Å². The van der Waals surface area contributed by atoms with Crippen LogP contribution in [0.5, 0.6) is 11.5 Å². The number of hydrogen-bond donors (Lipinski definition) is 4. The van der Waals surface area contributed by atoms with Gasteiger partial charge in [0.15, 0.2) is 11.5 Å². The maximum atomic E-state index is 12.9. The van der Waals surface area contributed by atoms with Gasteiger partial charge in [0.25, 0.3) is 0 Å². The predicted molar refractivity (Wildman–Crippen MR) is 184 cm³/mol. The highest BCUT2D eigenvalue weighted by molar-refractivity contribution is 7.89. The number of aliphatic hydroxyl groups excluding tert-OH is 1. The van der Waals surface area contributed by atoms with Crippen molar-refractivity contribution in [3.8, 4) is 11.5 Å². The van der Waals surface area contributed by atoms with Crippen LogP contribution < -0.4 is 24.8 Å². The van der Waals surface area contributed by atoms with Crippen LogP contribution in [0.2, 0.25) is 0 Å². The van der Waals surface area contributed by atoms with E-state index in [1.807, 2.05) is 25.1 Å². The molecular formula is C34H61N3O9S. The Hall–Kier alpha value is -2.61. The van der Waals surface area contributed by atoms with Crippen molar-refractivity contribution in [2.75, 3.05) is 46.3 Å². The number of aliphatic hydroxyl groups is 1. The summed E-state index contributed by atoms with van der Waals surface area (Å²) in [6.07, 6.45) is 1.74. The van der Waals surface area contributed by atoms with E-state index < -0.39 is 39.8 Å². The lowest BCUT2D eigenvalue weighted by atomic mass is 9.82. The second-order valence-electron chi connectivity index (χ2n) is 13.4. The van der Waals surface area contributed by atoms with E-state index in [9.17, 15) is 23.1 Å². The highest BCUT2D eigenvalue weighted by atomic mass is 32.2. The largest absolute Gasteiger partial charge is 0.493 e. The lowest BCUT2D eigenvalue weighted by Crippen LogP contribution is -2.48. The van der Waals surface area contributed by atoms with Gasteiger partial charge in [0.2, 0.25) is 15.9 Å². The smallest absolute Gasteiger partial charge is 0.407 e. The number of benzene rings is 1. The summed E-state index contributed by atoms with van der Waals surface area (Å²) in [7, 11) is -0.256. The number of hydrogen-bond acceptors (Lipinski definition) is 9. The quantitative estimate of drug-likeness (QED) is 0.122. The molecule has 0 fully saturated rings. The maximum Gasteiger partial charge on any atom is 0.407 e. The molecular weight excluding hydrogens is 626 g/mol. The predicted octanol–water partition coefficient (Wildman–Crippen LogP) is 4.43. The molecule has 1 rings (SSSR count). The standard InChI is InChI=1S/C34H61N3O9S/c1-10-11-15-36-47(41,42)19-16-35-32(39)25(4)20-29(38)28(37-33(40)46-34(5,6)7)23-27(24(2)3)21-26-13-14-30(44-9)31(22-26)45-18-12-17-43-8/h13-14,22,24-25,27-29,36,38H,10-12,15-21,23H2,1-9H3,(H,35,39)(H,37,40)/t25-,27+,28+,29+/m1/s1. The topological polar surface area (TPSA) is 162 Å². The number of nitrogens with one attached hydrogen (secondary N) is 3. The maximum absolute atomic E-state index is 12.9. The highest BCUT2D eigenvalue weighted by Crippen LogP contribution is 2.32. The van der Waals surface area contributed by atoms with Crippen molar-refractivity contribution in [3.63, 3.8) is 0 Å². The van der Waals surface area contributed by atoms with Crippen molar-refractivity contribution in [2.45, 2.75) is 105 Å². The normalized spacial score (nSPS) is 14.6. The van der Waals surface area contributed by atoms with Gasteiger partial charge in [-0.05, 0) is 76.0 Å². The molecule has 1 aromatic carbocycles. The first-order chi connectivity index (χ1) is 22.0. The number of alkyl carbamates (subject to hydrolysis) is 1. The first-order valence-electron chi connectivity index (χ1n) is 16.7. The molecule has 0 radical (unpaired) electrons. The molecule has 0 spiro atoms. The van der Waals surface area contributed by atoms with Crippen molar-refractivity contribution < 1.29 is 42.1 Å². The van der Waals surface area contributed by atoms with Gasteiger partial charge in [0, 0.05) is 39.1 Å². The summed E-state index contributed by atoms with van der Waals surface area (Å²) in [4.78, 5) is 25.7. The molecule has 0 aromatic heterocycles. The lowest BCUT2D eigenvalue weighted by Gasteiger charge is -2.32. The van der Waals surface area contributed by atoms with Gasteiger partial charge >= 0.3 is 6.09 Å². The van der Waals surface area contributed by atoms with Crippen molar-refractivity contribution in [1.29, 1.82) is 0 Å². The zero-order valence-corrected chi connectivity index (χ0v) is 30.8. The highest BCUT2D eigenvalue weighted by Gasteiger charge is 2.31. The third-order valence-electron chi connectivity index (χ3n) is 7.71. The Labute approximate surface area is 283 Å². The van der Waals surface area contributed by atoms with Crippen LogP contribution in [0.1, 0.15) is 86.1 Å². The molecule has 0 saturated heterocycles. The van der Waals surface area contributed by atoms with Gasteiger partial charge in [-0.2, -0.15) is 0 Å². The van der Waals surface area contributed by atoms with E-state index in [1.165, 1.54) is 0 Å². The number of carbonyl (C=O) groups is 2. The van der Waals surface area contributed by atoms with E-state index in [4.69, 9.17) is 18.9 Å². The summed E-state index contributed by atoms with van der Waals surface area (Å²) >= 11 is 0. The molecule has 0 aliphatic rings. The van der Waals surface area contributed by atoms with E-state index in [-0.39, 0.29) is 36.5 Å². The fourth-order valence-corrected chi connectivity index (χ4v) is 5.90. The number of methoxy groups -OCH3 is 2. The van der Waals surface area contributed by atoms with Crippen molar-refractivity contribution in [3.05, 3.63) is 23.8 Å². The number of unbranched alkanes of at least 4 members (excludes halogenated alkanes) is 1. The van der Waals surface area contributed by atoms with E-state index in [2.05, 4.69) is 29.2 Å². The third kappa shape index (κ3) is 17.9. The number of ether oxygens (including phenoxy) is 4. The summed E-state index contributed by atoms with van der Waals surface area (Å²) in [5.41, 5.74) is 0.280. The van der Waals surface area contributed by atoms with Crippen LogP contribution in [0.25, 0.3) is 0 Å². The van der Waals surface area contributed by atoms with Gasteiger partial charge in [-0.1, -0.05) is 40.2 Å². The molecule has 4 atom stereocenters. The molecule has 0 bridgehead atoms. The van der Waals surface area contributed by atoms with Gasteiger partial charge in [0.1, 0.15) is 5.60 Å². The molecule has 0 saturated carbocycles. The molecule has 272 valence electrons. The molecule has 2 amide bonds. The minimum Gasteiger partial charge on any atom is -0.493 e. The van der Waals surface area contributed by atoms with E-state index in [0.717, 1.165) is 24.8 Å². The number of carbonyl (C=O) groups excluding carboxylic acids is 2. The Morgan fingerprint density at radius 2 is 1.68 bits per heavy atom. The van der Waals surface area contributed by atoms with Crippen LogP contribution in [0.15, 0.2) is 18.2 Å². The molecule has 4 N–H and O–H groups in total. The van der Waals surface area contributed by atoms with Crippen LogP contribution in [0.4, 0.5) is 4.79 Å². The van der Waals surface area contributed by atoms with E-state index >= 15 is 0 Å². The first kappa shape index (κ1) is 42.4. The zero-order valence-electron chi connectivity index (χ0n) is 30.0. The molecule has 12 nitrogen and oxygen atoms in total. The zero-order chi connectivity index (χ0) is 35.6. The van der Waals surface area contributed by atoms with Crippen molar-refractivity contribution in [2.24, 2.45) is 17.8 Å². The molecule has 0 heterocycles. The van der Waals surface area contributed by atoms with Gasteiger partial charge in [-0.3, -0.25) is 4.79 Å². The molecule has 1 aromatic rings. The lowest BCUT2D eigenvalue weighted by molar-refractivity contribution is -0.125. The molecule has 0 unspecified atom stereocenters. The Balaban J connectivity index is 3.05. The van der Waals surface area contributed by atoms with Gasteiger partial charge in [-0.25, -0.2) is 17.9 Å². The summed E-state index contributed by atoms with van der Waals surface area (Å²) in [6, 6.07) is 5.10. The van der Waals surface area contributed by atoms with E-state index in [0.29, 0.717) is 44.1 Å². The van der Waals surface area contributed by atoms with Crippen molar-refractivity contribution in [1.82, 2.24) is 15.4 Å². The fraction of sp³-hybridized carbons (Fsp3) is 0.765. The average Bonchev–Trinajstić information content (AvgIpc) is 2.97. The monoisotopic (exact) mass is 687 g/mol. The van der Waals surface area contributed by atoms with Crippen LogP contribution in [-0.2, 0) is 30.7 Å². The third-order valence-corrected chi connectivity index (χ3v) is 9.09. The first-order valence-corrected chi connectivity index (χ1v) is 18.4. The molecule has 0 aliphatic carbocycles. The minimum atomic E-state index is -3.50. The van der Waals surface area contributed by atoms with Gasteiger partial charge in [0.05, 0.1) is 31.6 Å². The van der Waals surface area contributed by atoms with Gasteiger partial charge < -0.3 is 34.7 Å². The number of rotatable bonds is 23. The summed E-state index contributed by atoms with van der Waals surface area (Å²) in [5, 5.41) is 16.9. The molecule has 13 heteroatoms. The summed E-state index contributed by atoms with van der Waals surface area (Å²) in [6.45, 7) is 14.5. The van der Waals surface area contributed by atoms with Crippen LogP contribution in [-0.4, -0.2) is 89.5 Å². The Morgan fingerprint density at radius 1 is 0.979 bits per heavy atom. The second kappa shape index (κ2) is 21.4. The summed E-state index contributed by atoms with van der Waals surface area (Å²) in [5.74, 6) is 0.241. The fourth-order valence-electron chi connectivity index (χ4n) is 4.93. The number of amides is 2. The second-order valence-corrected chi connectivity index (χ2v) is 15.4. The SMILES string of the molecule is CCCCNS(=O)(=O)CCNC(=O)[C@H](C)C[C@H](O)[C@H](C[C@H](Cc1ccc(OC)c(OCCCOC)c1)C(C)C)NC(=O)OC(C)(C)C. The Morgan fingerprint density at radius 3 is 2.28 bits per heavy atom. The average molecular weight is 688 g/mol. The van der Waals surface area contributed by atoms with Crippen molar-refractivity contribution >= 4 is 22.0 Å².